The van der Waals surface area contributed by atoms with Gasteiger partial charge in [0.15, 0.2) is 0 Å². The Bertz CT molecular complexity index is 222. The number of carbonyl (C=O) groups is 1. The number of hydrogen-bond donors (Lipinski definition) is 1. The Labute approximate surface area is 91.3 Å². The molecule has 0 aliphatic rings. The van der Waals surface area contributed by atoms with Crippen LogP contribution >= 0.6 is 0 Å². The number of ether oxygens (including phenoxy) is 2. The lowest BCUT2D eigenvalue weighted by Gasteiger charge is -2.23. The number of amides is 1. The van der Waals surface area contributed by atoms with Crippen LogP contribution in [-0.4, -0.2) is 32.0 Å². The van der Waals surface area contributed by atoms with Crippen LogP contribution in [0.1, 0.15) is 26.7 Å². The predicted molar refractivity (Wildman–Crippen MR) is 58.1 cm³/mol. The molecule has 0 aliphatic carbocycles. The molecular formula is C11H19NO3. The molecule has 15 heavy (non-hydrogen) atoms. The van der Waals surface area contributed by atoms with Gasteiger partial charge in [-0.05, 0) is 6.42 Å². The molecule has 2 atom stereocenters. The summed E-state index contributed by atoms with van der Waals surface area (Å²) < 4.78 is 10.1. The van der Waals surface area contributed by atoms with E-state index in [0.717, 1.165) is 12.8 Å². The zero-order valence-electron chi connectivity index (χ0n) is 9.58. The predicted octanol–water partition coefficient (Wildman–Crippen LogP) is 0.913. The van der Waals surface area contributed by atoms with E-state index in [1.54, 1.807) is 0 Å². The van der Waals surface area contributed by atoms with Crippen LogP contribution < -0.4 is 5.32 Å². The van der Waals surface area contributed by atoms with E-state index in [4.69, 9.17) is 15.9 Å². The first kappa shape index (κ1) is 13.9. The summed E-state index contributed by atoms with van der Waals surface area (Å²) in [6.45, 7) is 3.62. The highest BCUT2D eigenvalue weighted by Crippen LogP contribution is 2.06. The smallest absolute Gasteiger partial charge is 0.217 e. The average molecular weight is 213 g/mol. The fourth-order valence-corrected chi connectivity index (χ4v) is 1.29. The molecule has 0 unspecified atom stereocenters. The van der Waals surface area contributed by atoms with Crippen LogP contribution in [0.2, 0.25) is 0 Å². The van der Waals surface area contributed by atoms with Gasteiger partial charge in [0, 0.05) is 14.0 Å². The summed E-state index contributed by atoms with van der Waals surface area (Å²) in [6.07, 6.45) is 6.62. The Morgan fingerprint density at radius 2 is 2.27 bits per heavy atom. The second-order valence-electron chi connectivity index (χ2n) is 3.26. The zero-order chi connectivity index (χ0) is 11.7. The molecule has 1 amide bonds. The number of terminal acetylenes is 1. The van der Waals surface area contributed by atoms with Gasteiger partial charge in [0.1, 0.15) is 12.9 Å². The molecule has 4 nitrogen and oxygen atoms in total. The molecule has 0 aromatic rings. The lowest BCUT2D eigenvalue weighted by molar-refractivity contribution is -0.121. The molecule has 1 N–H and O–H groups in total. The highest BCUT2D eigenvalue weighted by atomic mass is 16.7. The molecule has 0 spiro atoms. The Morgan fingerprint density at radius 3 is 2.67 bits per heavy atom. The average Bonchev–Trinajstić information content (AvgIpc) is 2.18. The number of carbonyl (C=O) groups excluding carboxylic acids is 1. The van der Waals surface area contributed by atoms with Crippen molar-refractivity contribution >= 4 is 5.91 Å². The van der Waals surface area contributed by atoms with Crippen molar-refractivity contribution in [3.8, 4) is 12.3 Å². The monoisotopic (exact) mass is 213 g/mol. The van der Waals surface area contributed by atoms with Gasteiger partial charge >= 0.3 is 0 Å². The fourth-order valence-electron chi connectivity index (χ4n) is 1.29. The summed E-state index contributed by atoms with van der Waals surface area (Å²) in [6, 6.07) is -0.146. The topological polar surface area (TPSA) is 47.6 Å². The third-order valence-electron chi connectivity index (χ3n) is 1.88. The van der Waals surface area contributed by atoms with Crippen LogP contribution in [0.15, 0.2) is 0 Å². The standard InChI is InChI=1S/C11H19NO3/c1-5-7-10(12-9(3)13)11(6-2)15-8-14-4/h2,10-11H,5,7-8H2,1,3-4H3,(H,12,13)/t10-,11+/m1/s1. The van der Waals surface area contributed by atoms with Gasteiger partial charge < -0.3 is 14.8 Å². The van der Waals surface area contributed by atoms with Gasteiger partial charge in [0.25, 0.3) is 0 Å². The third-order valence-corrected chi connectivity index (χ3v) is 1.88. The van der Waals surface area contributed by atoms with E-state index in [0.29, 0.717) is 0 Å². The maximum absolute atomic E-state index is 11.0. The Balaban J connectivity index is 4.27. The summed E-state index contributed by atoms with van der Waals surface area (Å²) in [5, 5.41) is 2.78. The van der Waals surface area contributed by atoms with Crippen molar-refractivity contribution in [1.82, 2.24) is 5.32 Å². The van der Waals surface area contributed by atoms with Gasteiger partial charge in [-0.1, -0.05) is 19.3 Å². The van der Waals surface area contributed by atoms with Crippen molar-refractivity contribution in [2.75, 3.05) is 13.9 Å². The van der Waals surface area contributed by atoms with Gasteiger partial charge in [-0.25, -0.2) is 0 Å². The molecule has 0 saturated heterocycles. The quantitative estimate of drug-likeness (QED) is 0.505. The molecular weight excluding hydrogens is 194 g/mol. The van der Waals surface area contributed by atoms with Crippen molar-refractivity contribution in [3.05, 3.63) is 0 Å². The van der Waals surface area contributed by atoms with Gasteiger partial charge in [-0.15, -0.1) is 6.42 Å². The largest absolute Gasteiger partial charge is 0.359 e. The van der Waals surface area contributed by atoms with E-state index in [-0.39, 0.29) is 18.7 Å². The van der Waals surface area contributed by atoms with E-state index in [9.17, 15) is 4.79 Å². The highest BCUT2D eigenvalue weighted by Gasteiger charge is 2.20. The molecule has 0 heterocycles. The second kappa shape index (κ2) is 8.27. The minimum atomic E-state index is -0.436. The van der Waals surface area contributed by atoms with Crippen LogP contribution in [0.5, 0.6) is 0 Å². The molecule has 0 aromatic carbocycles. The van der Waals surface area contributed by atoms with Crippen LogP contribution in [0.25, 0.3) is 0 Å². The number of rotatable bonds is 7. The minimum Gasteiger partial charge on any atom is -0.359 e. The second-order valence-corrected chi connectivity index (χ2v) is 3.26. The van der Waals surface area contributed by atoms with Crippen LogP contribution in [0.4, 0.5) is 0 Å². The first-order valence-corrected chi connectivity index (χ1v) is 4.99. The zero-order valence-corrected chi connectivity index (χ0v) is 9.58. The van der Waals surface area contributed by atoms with Crippen molar-refractivity contribution in [2.45, 2.75) is 38.8 Å². The van der Waals surface area contributed by atoms with Crippen LogP contribution in [-0.2, 0) is 14.3 Å². The van der Waals surface area contributed by atoms with Gasteiger partial charge in [0.05, 0.1) is 6.04 Å². The van der Waals surface area contributed by atoms with E-state index in [1.807, 2.05) is 6.92 Å². The normalized spacial score (nSPS) is 14.0. The molecule has 0 radical (unpaired) electrons. The summed E-state index contributed by atoms with van der Waals surface area (Å²) in [7, 11) is 1.53. The SMILES string of the molecule is C#C[C@H](OCOC)[C@@H](CCC)NC(C)=O. The first-order valence-electron chi connectivity index (χ1n) is 4.99. The number of nitrogens with one attached hydrogen (secondary N) is 1. The molecule has 86 valence electrons. The number of methoxy groups -OCH3 is 1. The fraction of sp³-hybridized carbons (Fsp3) is 0.727. The summed E-state index contributed by atoms with van der Waals surface area (Å²) in [5.74, 6) is 2.41. The molecule has 0 aliphatic heterocycles. The van der Waals surface area contributed by atoms with Gasteiger partial charge in [-0.3, -0.25) is 4.79 Å². The maximum Gasteiger partial charge on any atom is 0.217 e. The van der Waals surface area contributed by atoms with Gasteiger partial charge in [0.2, 0.25) is 5.91 Å². The molecule has 0 bridgehead atoms. The highest BCUT2D eigenvalue weighted by molar-refractivity contribution is 5.73. The Kier molecular flexibility index (Phi) is 7.69. The lowest BCUT2D eigenvalue weighted by atomic mass is 10.1. The van der Waals surface area contributed by atoms with Crippen molar-refractivity contribution < 1.29 is 14.3 Å². The van der Waals surface area contributed by atoms with E-state index in [2.05, 4.69) is 11.2 Å². The van der Waals surface area contributed by atoms with Crippen LogP contribution in [0.3, 0.4) is 0 Å². The summed E-state index contributed by atoms with van der Waals surface area (Å²) in [5.41, 5.74) is 0. The molecule has 0 aromatic heterocycles. The van der Waals surface area contributed by atoms with Gasteiger partial charge in [-0.2, -0.15) is 0 Å². The Morgan fingerprint density at radius 1 is 1.60 bits per heavy atom. The molecule has 4 heteroatoms. The third kappa shape index (κ3) is 6.10. The van der Waals surface area contributed by atoms with Crippen molar-refractivity contribution in [2.24, 2.45) is 0 Å². The summed E-state index contributed by atoms with van der Waals surface area (Å²) in [4.78, 5) is 11.0. The lowest BCUT2D eigenvalue weighted by Crippen LogP contribution is -2.43. The maximum atomic E-state index is 11.0. The van der Waals surface area contributed by atoms with Crippen LogP contribution in [0, 0.1) is 12.3 Å². The van der Waals surface area contributed by atoms with E-state index >= 15 is 0 Å². The molecule has 0 saturated carbocycles. The van der Waals surface area contributed by atoms with E-state index in [1.165, 1.54) is 14.0 Å². The number of hydrogen-bond acceptors (Lipinski definition) is 3. The molecule has 0 fully saturated rings. The minimum absolute atomic E-state index is 0.102. The summed E-state index contributed by atoms with van der Waals surface area (Å²) >= 11 is 0. The Hall–Kier alpha value is -1.05. The first-order chi connectivity index (χ1) is 7.15. The van der Waals surface area contributed by atoms with E-state index < -0.39 is 6.10 Å². The molecule has 0 rings (SSSR count). The van der Waals surface area contributed by atoms with Crippen molar-refractivity contribution in [3.63, 3.8) is 0 Å². The van der Waals surface area contributed by atoms with Crippen molar-refractivity contribution in [1.29, 1.82) is 0 Å².